The molecule has 1 saturated carbocycles. The maximum atomic E-state index is 12.4. The fraction of sp³-hybridized carbons (Fsp3) is 0.400. The topological polar surface area (TPSA) is 51.0 Å². The number of carbonyl (C=O) groups excluding carboxylic acids is 1. The Kier molecular flexibility index (Phi) is 2.58. The minimum Gasteiger partial charge on any atom is -0.331 e. The number of nitrogens with zero attached hydrogens (tertiary/aromatic N) is 4. The third kappa shape index (κ3) is 1.99. The van der Waals surface area contributed by atoms with E-state index in [9.17, 15) is 4.79 Å². The summed E-state index contributed by atoms with van der Waals surface area (Å²) in [6, 6.07) is 5.71. The van der Waals surface area contributed by atoms with Gasteiger partial charge in [-0.25, -0.2) is 0 Å². The molecule has 0 N–H and O–H groups in total. The SMILES string of the molecule is O=C(c1ccncc1)N1CCn2nc(C3CC3)cc2C1. The first kappa shape index (κ1) is 11.6. The molecule has 5 nitrogen and oxygen atoms in total. The van der Waals surface area contributed by atoms with Gasteiger partial charge in [0.25, 0.3) is 5.91 Å². The van der Waals surface area contributed by atoms with Gasteiger partial charge >= 0.3 is 0 Å². The molecule has 0 radical (unpaired) electrons. The van der Waals surface area contributed by atoms with Crippen molar-refractivity contribution in [1.82, 2.24) is 19.7 Å². The van der Waals surface area contributed by atoms with Gasteiger partial charge in [0.05, 0.1) is 24.5 Å². The van der Waals surface area contributed by atoms with Crippen LogP contribution in [0.3, 0.4) is 0 Å². The largest absolute Gasteiger partial charge is 0.331 e. The van der Waals surface area contributed by atoms with Gasteiger partial charge in [-0.2, -0.15) is 5.10 Å². The van der Waals surface area contributed by atoms with E-state index in [-0.39, 0.29) is 5.91 Å². The summed E-state index contributed by atoms with van der Waals surface area (Å²) >= 11 is 0. The van der Waals surface area contributed by atoms with Crippen LogP contribution in [0.4, 0.5) is 0 Å². The number of aromatic nitrogens is 3. The third-order valence-corrected chi connectivity index (χ3v) is 4.03. The van der Waals surface area contributed by atoms with Crippen LogP contribution in [0.1, 0.15) is 40.5 Å². The van der Waals surface area contributed by atoms with Crippen LogP contribution < -0.4 is 0 Å². The Labute approximate surface area is 117 Å². The van der Waals surface area contributed by atoms with E-state index in [0.717, 1.165) is 18.8 Å². The Morgan fingerprint density at radius 3 is 2.75 bits per heavy atom. The van der Waals surface area contributed by atoms with Crippen LogP contribution in [0.2, 0.25) is 0 Å². The van der Waals surface area contributed by atoms with Crippen molar-refractivity contribution in [3.8, 4) is 0 Å². The summed E-state index contributed by atoms with van der Waals surface area (Å²) in [5, 5.41) is 4.65. The van der Waals surface area contributed by atoms with Gasteiger partial charge in [0.1, 0.15) is 0 Å². The highest BCUT2D eigenvalue weighted by molar-refractivity contribution is 5.94. The zero-order valence-corrected chi connectivity index (χ0v) is 11.2. The molecule has 0 aromatic carbocycles. The van der Waals surface area contributed by atoms with Crippen LogP contribution in [0.5, 0.6) is 0 Å². The second-order valence-corrected chi connectivity index (χ2v) is 5.52. The molecule has 2 aromatic rings. The van der Waals surface area contributed by atoms with Crippen molar-refractivity contribution < 1.29 is 4.79 Å². The molecule has 4 rings (SSSR count). The molecule has 20 heavy (non-hydrogen) atoms. The van der Waals surface area contributed by atoms with Crippen LogP contribution in [0.25, 0.3) is 0 Å². The fourth-order valence-electron chi connectivity index (χ4n) is 2.72. The third-order valence-electron chi connectivity index (χ3n) is 4.03. The molecule has 1 aliphatic heterocycles. The number of rotatable bonds is 2. The lowest BCUT2D eigenvalue weighted by Gasteiger charge is -2.27. The van der Waals surface area contributed by atoms with Gasteiger partial charge in [-0.3, -0.25) is 14.5 Å². The van der Waals surface area contributed by atoms with Crippen molar-refractivity contribution in [3.63, 3.8) is 0 Å². The molecular weight excluding hydrogens is 252 g/mol. The van der Waals surface area contributed by atoms with E-state index in [1.807, 2.05) is 4.90 Å². The maximum Gasteiger partial charge on any atom is 0.254 e. The van der Waals surface area contributed by atoms with Crippen LogP contribution in [-0.4, -0.2) is 32.1 Å². The van der Waals surface area contributed by atoms with E-state index in [2.05, 4.69) is 20.8 Å². The smallest absolute Gasteiger partial charge is 0.254 e. The zero-order chi connectivity index (χ0) is 13.5. The van der Waals surface area contributed by atoms with E-state index < -0.39 is 0 Å². The zero-order valence-electron chi connectivity index (χ0n) is 11.2. The van der Waals surface area contributed by atoms with Crippen molar-refractivity contribution in [3.05, 3.63) is 47.5 Å². The average molecular weight is 268 g/mol. The standard InChI is InChI=1S/C15H16N4O/c20-15(12-3-5-16-6-4-12)18-7-8-19-13(10-18)9-14(17-19)11-1-2-11/h3-6,9,11H,1-2,7-8,10H2. The Bertz CT molecular complexity index is 645. The second kappa shape index (κ2) is 4.44. The van der Waals surface area contributed by atoms with E-state index in [1.165, 1.54) is 18.5 Å². The van der Waals surface area contributed by atoms with Gasteiger partial charge in [-0.15, -0.1) is 0 Å². The van der Waals surface area contributed by atoms with Gasteiger partial charge in [-0.05, 0) is 31.0 Å². The number of amides is 1. The molecule has 0 saturated heterocycles. The van der Waals surface area contributed by atoms with Gasteiger partial charge in [0.15, 0.2) is 0 Å². The molecule has 2 aliphatic rings. The van der Waals surface area contributed by atoms with Crippen LogP contribution in [-0.2, 0) is 13.1 Å². The summed E-state index contributed by atoms with van der Waals surface area (Å²) in [6.07, 6.45) is 5.84. The Balaban J connectivity index is 1.55. The lowest BCUT2D eigenvalue weighted by atomic mass is 10.2. The lowest BCUT2D eigenvalue weighted by Crippen LogP contribution is -2.38. The quantitative estimate of drug-likeness (QED) is 0.834. The molecule has 1 aliphatic carbocycles. The number of hydrogen-bond acceptors (Lipinski definition) is 3. The predicted molar refractivity (Wildman–Crippen MR) is 73.2 cm³/mol. The average Bonchev–Trinajstić information content (AvgIpc) is 3.26. The van der Waals surface area contributed by atoms with Crippen LogP contribution in [0, 0.1) is 0 Å². The van der Waals surface area contributed by atoms with Crippen LogP contribution in [0.15, 0.2) is 30.6 Å². The molecule has 0 atom stereocenters. The van der Waals surface area contributed by atoms with Crippen molar-refractivity contribution >= 4 is 5.91 Å². The molecule has 0 unspecified atom stereocenters. The van der Waals surface area contributed by atoms with Crippen molar-refractivity contribution in [1.29, 1.82) is 0 Å². The monoisotopic (exact) mass is 268 g/mol. The van der Waals surface area contributed by atoms with Gasteiger partial charge in [0, 0.05) is 30.4 Å². The van der Waals surface area contributed by atoms with Crippen molar-refractivity contribution in [2.75, 3.05) is 6.54 Å². The summed E-state index contributed by atoms with van der Waals surface area (Å²) in [6.45, 7) is 2.17. The Hall–Kier alpha value is -2.17. The van der Waals surface area contributed by atoms with E-state index in [0.29, 0.717) is 18.0 Å². The first-order chi connectivity index (χ1) is 9.81. The van der Waals surface area contributed by atoms with E-state index in [4.69, 9.17) is 0 Å². The van der Waals surface area contributed by atoms with Crippen molar-refractivity contribution in [2.24, 2.45) is 0 Å². The first-order valence-corrected chi connectivity index (χ1v) is 7.07. The summed E-state index contributed by atoms with van der Waals surface area (Å²) in [5.74, 6) is 0.741. The number of pyridine rings is 1. The highest BCUT2D eigenvalue weighted by Crippen LogP contribution is 2.39. The fourth-order valence-corrected chi connectivity index (χ4v) is 2.72. The van der Waals surface area contributed by atoms with Crippen LogP contribution >= 0.6 is 0 Å². The molecule has 1 amide bonds. The molecule has 102 valence electrons. The predicted octanol–water partition coefficient (Wildman–Crippen LogP) is 1.81. The molecule has 3 heterocycles. The number of hydrogen-bond donors (Lipinski definition) is 0. The molecule has 1 fully saturated rings. The highest BCUT2D eigenvalue weighted by atomic mass is 16.2. The van der Waals surface area contributed by atoms with E-state index >= 15 is 0 Å². The summed E-state index contributed by atoms with van der Waals surface area (Å²) in [5.41, 5.74) is 3.06. The summed E-state index contributed by atoms with van der Waals surface area (Å²) in [4.78, 5) is 18.3. The summed E-state index contributed by atoms with van der Waals surface area (Å²) < 4.78 is 2.06. The minimum absolute atomic E-state index is 0.0767. The first-order valence-electron chi connectivity index (χ1n) is 7.07. The minimum atomic E-state index is 0.0767. The van der Waals surface area contributed by atoms with E-state index in [1.54, 1.807) is 24.5 Å². The van der Waals surface area contributed by atoms with Crippen molar-refractivity contribution in [2.45, 2.75) is 31.8 Å². The van der Waals surface area contributed by atoms with Gasteiger partial charge < -0.3 is 4.90 Å². The van der Waals surface area contributed by atoms with Gasteiger partial charge in [0.2, 0.25) is 0 Å². The second-order valence-electron chi connectivity index (χ2n) is 5.52. The van der Waals surface area contributed by atoms with Gasteiger partial charge in [-0.1, -0.05) is 0 Å². The molecule has 0 bridgehead atoms. The Morgan fingerprint density at radius 1 is 1.20 bits per heavy atom. The lowest BCUT2D eigenvalue weighted by molar-refractivity contribution is 0.0706. The molecule has 2 aromatic heterocycles. The normalized spacial score (nSPS) is 17.9. The Morgan fingerprint density at radius 2 is 2.00 bits per heavy atom. The summed E-state index contributed by atoms with van der Waals surface area (Å²) in [7, 11) is 0. The molecule has 5 heteroatoms. The number of carbonyl (C=O) groups is 1. The maximum absolute atomic E-state index is 12.4. The molecular formula is C15H16N4O. The number of fused-ring (bicyclic) bond motifs is 1. The molecule has 0 spiro atoms. The highest BCUT2D eigenvalue weighted by Gasteiger charge is 2.29.